The summed E-state index contributed by atoms with van der Waals surface area (Å²) in [6, 6.07) is 0. The lowest BCUT2D eigenvalue weighted by atomic mass is 9.91. The van der Waals surface area contributed by atoms with E-state index < -0.39 is 10.1 Å². The molecule has 0 aromatic rings. The van der Waals surface area contributed by atoms with Gasteiger partial charge in [0.1, 0.15) is 0 Å². The van der Waals surface area contributed by atoms with E-state index in [1.54, 1.807) is 0 Å². The van der Waals surface area contributed by atoms with Crippen molar-refractivity contribution >= 4 is 10.1 Å². The second-order valence-electron chi connectivity index (χ2n) is 9.50. The van der Waals surface area contributed by atoms with Gasteiger partial charge in [-0.15, -0.1) is 0 Å². The van der Waals surface area contributed by atoms with E-state index in [9.17, 15) is 8.42 Å². The van der Waals surface area contributed by atoms with Gasteiger partial charge in [-0.1, -0.05) is 110 Å². The van der Waals surface area contributed by atoms with Crippen molar-refractivity contribution in [1.29, 1.82) is 0 Å². The van der Waals surface area contributed by atoms with Crippen LogP contribution in [0.15, 0.2) is 0 Å². The molecular weight excluding hydrogens is 380 g/mol. The SMILES string of the molecule is CCCCCCCCCCCCCCCCCCOS(=O)(=O)C1CCC(C)CC1. The minimum Gasteiger partial charge on any atom is -0.270 e. The summed E-state index contributed by atoms with van der Waals surface area (Å²) in [5, 5.41) is -0.250. The molecule has 0 heterocycles. The summed E-state index contributed by atoms with van der Waals surface area (Å²) in [6.07, 6.45) is 24.9. The van der Waals surface area contributed by atoms with E-state index >= 15 is 0 Å². The fourth-order valence-corrected chi connectivity index (χ4v) is 5.83. The third-order valence-corrected chi connectivity index (χ3v) is 8.40. The number of unbranched alkanes of at least 4 members (excludes halogenated alkanes) is 15. The highest BCUT2D eigenvalue weighted by molar-refractivity contribution is 7.87. The molecule has 29 heavy (non-hydrogen) atoms. The Morgan fingerprint density at radius 1 is 0.621 bits per heavy atom. The van der Waals surface area contributed by atoms with Crippen LogP contribution in [0.1, 0.15) is 142 Å². The lowest BCUT2D eigenvalue weighted by Crippen LogP contribution is -2.28. The molecule has 3 nitrogen and oxygen atoms in total. The van der Waals surface area contributed by atoms with Gasteiger partial charge < -0.3 is 0 Å². The maximum absolute atomic E-state index is 12.2. The van der Waals surface area contributed by atoms with Crippen molar-refractivity contribution < 1.29 is 12.6 Å². The largest absolute Gasteiger partial charge is 0.270 e. The summed E-state index contributed by atoms with van der Waals surface area (Å²) >= 11 is 0. The molecule has 174 valence electrons. The van der Waals surface area contributed by atoms with Crippen molar-refractivity contribution in [2.24, 2.45) is 5.92 Å². The van der Waals surface area contributed by atoms with Crippen molar-refractivity contribution in [3.63, 3.8) is 0 Å². The summed E-state index contributed by atoms with van der Waals surface area (Å²) < 4.78 is 29.8. The Hall–Kier alpha value is -0.0900. The minimum absolute atomic E-state index is 0.250. The van der Waals surface area contributed by atoms with Crippen LogP contribution in [0.4, 0.5) is 0 Å². The van der Waals surface area contributed by atoms with Crippen LogP contribution in [0.2, 0.25) is 0 Å². The Morgan fingerprint density at radius 2 is 1.00 bits per heavy atom. The molecule has 0 radical (unpaired) electrons. The van der Waals surface area contributed by atoms with E-state index in [4.69, 9.17) is 4.18 Å². The van der Waals surface area contributed by atoms with Gasteiger partial charge in [0.25, 0.3) is 10.1 Å². The third kappa shape index (κ3) is 14.5. The molecule has 1 rings (SSSR count). The Labute approximate surface area is 182 Å². The second-order valence-corrected chi connectivity index (χ2v) is 11.4. The van der Waals surface area contributed by atoms with E-state index in [0.29, 0.717) is 12.5 Å². The summed E-state index contributed by atoms with van der Waals surface area (Å²) in [5.74, 6) is 0.668. The van der Waals surface area contributed by atoms with E-state index in [0.717, 1.165) is 38.5 Å². The van der Waals surface area contributed by atoms with Gasteiger partial charge in [-0.3, -0.25) is 4.18 Å². The maximum Gasteiger partial charge on any atom is 0.270 e. The van der Waals surface area contributed by atoms with Gasteiger partial charge >= 0.3 is 0 Å². The average molecular weight is 431 g/mol. The molecule has 0 spiro atoms. The molecule has 0 aromatic heterocycles. The van der Waals surface area contributed by atoms with Crippen molar-refractivity contribution in [1.82, 2.24) is 0 Å². The predicted molar refractivity (Wildman–Crippen MR) is 126 cm³/mol. The highest BCUT2D eigenvalue weighted by Gasteiger charge is 2.30. The molecule has 0 aliphatic heterocycles. The first-order valence-electron chi connectivity index (χ1n) is 12.9. The molecule has 0 amide bonds. The molecule has 1 aliphatic rings. The van der Waals surface area contributed by atoms with Gasteiger partial charge in [0.2, 0.25) is 0 Å². The first kappa shape index (κ1) is 26.9. The van der Waals surface area contributed by atoms with Crippen LogP contribution in [-0.2, 0) is 14.3 Å². The molecule has 0 atom stereocenters. The van der Waals surface area contributed by atoms with Crippen LogP contribution in [0.5, 0.6) is 0 Å². The molecular formula is C25H50O3S. The lowest BCUT2D eigenvalue weighted by molar-refractivity contribution is 0.286. The quantitative estimate of drug-likeness (QED) is 0.153. The minimum atomic E-state index is -3.33. The molecule has 1 aliphatic carbocycles. The number of hydrogen-bond acceptors (Lipinski definition) is 3. The van der Waals surface area contributed by atoms with Crippen LogP contribution in [0.25, 0.3) is 0 Å². The van der Waals surface area contributed by atoms with Gasteiger partial charge in [-0.2, -0.15) is 8.42 Å². The summed E-state index contributed by atoms with van der Waals surface area (Å²) in [7, 11) is -3.33. The topological polar surface area (TPSA) is 43.4 Å². The predicted octanol–water partition coefficient (Wildman–Crippen LogP) is 8.17. The van der Waals surface area contributed by atoms with Crippen LogP contribution in [-0.4, -0.2) is 20.3 Å². The summed E-state index contributed by atoms with van der Waals surface area (Å²) in [4.78, 5) is 0. The Morgan fingerprint density at radius 3 is 1.41 bits per heavy atom. The third-order valence-electron chi connectivity index (χ3n) is 6.62. The monoisotopic (exact) mass is 430 g/mol. The van der Waals surface area contributed by atoms with Crippen LogP contribution < -0.4 is 0 Å². The molecule has 0 aromatic carbocycles. The van der Waals surface area contributed by atoms with Crippen LogP contribution >= 0.6 is 0 Å². The zero-order chi connectivity index (χ0) is 21.2. The van der Waals surface area contributed by atoms with E-state index in [2.05, 4.69) is 13.8 Å². The van der Waals surface area contributed by atoms with E-state index in [-0.39, 0.29) is 5.25 Å². The van der Waals surface area contributed by atoms with Crippen molar-refractivity contribution in [2.45, 2.75) is 148 Å². The Kier molecular flexibility index (Phi) is 16.3. The molecule has 1 fully saturated rings. The second kappa shape index (κ2) is 17.6. The van der Waals surface area contributed by atoms with E-state index in [1.807, 2.05) is 0 Å². The smallest absolute Gasteiger partial charge is 0.270 e. The molecule has 0 saturated heterocycles. The number of hydrogen-bond donors (Lipinski definition) is 0. The molecule has 1 saturated carbocycles. The average Bonchev–Trinajstić information content (AvgIpc) is 2.70. The van der Waals surface area contributed by atoms with Crippen molar-refractivity contribution in [3.05, 3.63) is 0 Å². The highest BCUT2D eigenvalue weighted by Crippen LogP contribution is 2.28. The van der Waals surface area contributed by atoms with Gasteiger partial charge in [-0.05, 0) is 38.0 Å². The highest BCUT2D eigenvalue weighted by atomic mass is 32.2. The maximum atomic E-state index is 12.2. The Bertz CT molecular complexity index is 453. The van der Waals surface area contributed by atoms with Gasteiger partial charge in [-0.25, -0.2) is 0 Å². The zero-order valence-electron chi connectivity index (χ0n) is 19.6. The van der Waals surface area contributed by atoms with Crippen LogP contribution in [0.3, 0.4) is 0 Å². The first-order valence-corrected chi connectivity index (χ1v) is 14.4. The fraction of sp³-hybridized carbons (Fsp3) is 1.00. The summed E-state index contributed by atoms with van der Waals surface area (Å²) in [6.45, 7) is 4.87. The first-order chi connectivity index (χ1) is 14.1. The molecule has 0 bridgehead atoms. The van der Waals surface area contributed by atoms with Crippen molar-refractivity contribution in [2.75, 3.05) is 6.61 Å². The van der Waals surface area contributed by atoms with Gasteiger partial charge in [0, 0.05) is 0 Å². The summed E-state index contributed by atoms with van der Waals surface area (Å²) in [5.41, 5.74) is 0. The van der Waals surface area contributed by atoms with E-state index in [1.165, 1.54) is 89.9 Å². The molecule has 0 unspecified atom stereocenters. The molecule has 0 N–H and O–H groups in total. The van der Waals surface area contributed by atoms with Crippen molar-refractivity contribution in [3.8, 4) is 0 Å². The van der Waals surface area contributed by atoms with Gasteiger partial charge in [0.15, 0.2) is 0 Å². The van der Waals surface area contributed by atoms with Crippen LogP contribution in [0, 0.1) is 5.92 Å². The Balaban J connectivity index is 1.81. The number of rotatable bonds is 19. The zero-order valence-corrected chi connectivity index (χ0v) is 20.5. The van der Waals surface area contributed by atoms with Gasteiger partial charge in [0.05, 0.1) is 11.9 Å². The normalized spacial score (nSPS) is 20.2. The lowest BCUT2D eigenvalue weighted by Gasteiger charge is -2.25. The fourth-order valence-electron chi connectivity index (χ4n) is 4.44. The molecule has 4 heteroatoms. The standard InChI is InChI=1S/C25H50O3S/c1-3-4-5-6-7-8-9-10-11-12-13-14-15-16-17-18-23-28-29(26,27)25-21-19-24(2)20-22-25/h24-25H,3-23H2,1-2H3.